The smallest absolute Gasteiger partial charge is 0.417 e. The Morgan fingerprint density at radius 2 is 1.34 bits per heavy atom. The van der Waals surface area contributed by atoms with Crippen molar-refractivity contribution in [2.45, 2.75) is 11.8 Å². The number of rotatable bonds is 8. The minimum Gasteiger partial charge on any atom is -0.480 e. The molecule has 0 saturated carbocycles. The molecule has 0 atom stereocenters. The van der Waals surface area contributed by atoms with Gasteiger partial charge in [-0.25, -0.2) is 4.79 Å². The molecule has 1 aromatic heterocycles. The van der Waals surface area contributed by atoms with Gasteiger partial charge >= 0.3 is 30.0 Å². The number of thiophene rings is 1. The summed E-state index contributed by atoms with van der Waals surface area (Å²) in [5, 5.41) is 40.1. The number of amides is 1. The molecule has 1 heterocycles. The van der Waals surface area contributed by atoms with Crippen LogP contribution < -0.4 is 10.1 Å². The highest BCUT2D eigenvalue weighted by Crippen LogP contribution is 2.39. The normalized spacial score (nSPS) is 10.6. The van der Waals surface area contributed by atoms with Crippen LogP contribution in [0.1, 0.15) is 22.3 Å². The highest BCUT2D eigenvalue weighted by atomic mass is 32.1. The van der Waals surface area contributed by atoms with E-state index in [1.54, 1.807) is 18.2 Å². The zero-order valence-electron chi connectivity index (χ0n) is 14.3. The van der Waals surface area contributed by atoms with Crippen LogP contribution in [0.2, 0.25) is 0 Å². The average Bonchev–Trinajstić information content (AvgIpc) is 2.97. The van der Waals surface area contributed by atoms with Crippen molar-refractivity contribution in [1.82, 2.24) is 0 Å². The van der Waals surface area contributed by atoms with Crippen molar-refractivity contribution in [3.05, 3.63) is 46.2 Å². The number of carbonyl (C=O) groups is 5. The summed E-state index contributed by atoms with van der Waals surface area (Å²) in [4.78, 5) is 57.2. The topological polar surface area (TPSA) is 188 Å². The minimum atomic E-state index is -2.32. The van der Waals surface area contributed by atoms with Crippen LogP contribution in [0.3, 0.4) is 0 Å². The molecular weight excluding hydrogens is 410 g/mol. The predicted octanol–water partition coefficient (Wildman–Crippen LogP) is 1.86. The highest BCUT2D eigenvalue weighted by molar-refractivity contribution is 7.11. The predicted molar refractivity (Wildman–Crippen MR) is 96.4 cm³/mol. The van der Waals surface area contributed by atoms with Crippen molar-refractivity contribution in [2.75, 3.05) is 5.32 Å². The summed E-state index contributed by atoms with van der Waals surface area (Å²) in [6.07, 6.45) is -1.11. The van der Waals surface area contributed by atoms with Gasteiger partial charge < -0.3 is 25.2 Å². The molecule has 5 N–H and O–H groups in total. The van der Waals surface area contributed by atoms with Crippen LogP contribution >= 0.6 is 11.3 Å². The van der Waals surface area contributed by atoms with E-state index in [0.29, 0.717) is 11.3 Å². The lowest BCUT2D eigenvalue weighted by atomic mass is 9.93. The lowest BCUT2D eigenvalue weighted by Gasteiger charge is -2.15. The Balaban J connectivity index is 2.50. The lowest BCUT2D eigenvalue weighted by molar-refractivity contribution is -0.152. The van der Waals surface area contributed by atoms with Crippen LogP contribution in [0.5, 0.6) is 5.75 Å². The second-order valence-corrected chi connectivity index (χ2v) is 6.39. The molecule has 0 spiro atoms. The number of carbonyl (C=O) groups excluding carboxylic acids is 1. The third-order valence-electron chi connectivity index (χ3n) is 3.59. The molecule has 29 heavy (non-hydrogen) atoms. The number of aliphatic carboxylic acids is 4. The fourth-order valence-corrected chi connectivity index (χ4v) is 3.54. The summed E-state index contributed by atoms with van der Waals surface area (Å²) < 4.78 is 4.97. The van der Waals surface area contributed by atoms with Crippen LogP contribution in [-0.4, -0.2) is 50.4 Å². The van der Waals surface area contributed by atoms with Gasteiger partial charge in [0.1, 0.15) is 5.75 Å². The van der Waals surface area contributed by atoms with Crippen molar-refractivity contribution in [2.24, 2.45) is 0 Å². The van der Waals surface area contributed by atoms with Crippen molar-refractivity contribution in [3.8, 4) is 5.75 Å². The molecule has 0 fully saturated rings. The van der Waals surface area contributed by atoms with E-state index in [4.69, 9.17) is 4.74 Å². The first-order chi connectivity index (χ1) is 13.6. The molecule has 0 saturated heterocycles. The van der Waals surface area contributed by atoms with Crippen LogP contribution in [0, 0.1) is 0 Å². The van der Waals surface area contributed by atoms with Gasteiger partial charge in [-0.3, -0.25) is 24.5 Å². The molecule has 11 nitrogen and oxygen atoms in total. The highest BCUT2D eigenvalue weighted by Gasteiger charge is 2.40. The Hall–Kier alpha value is -3.93. The monoisotopic (exact) mass is 423 g/mol. The van der Waals surface area contributed by atoms with E-state index in [-0.39, 0.29) is 11.4 Å². The van der Waals surface area contributed by atoms with Gasteiger partial charge in [0.2, 0.25) is 0 Å². The zero-order valence-corrected chi connectivity index (χ0v) is 15.1. The van der Waals surface area contributed by atoms with Gasteiger partial charge in [0.15, 0.2) is 11.8 Å². The Labute approximate surface area is 165 Å². The molecule has 2 rings (SSSR count). The Morgan fingerprint density at radius 3 is 1.83 bits per heavy atom. The number of hydrogen-bond acceptors (Lipinski definition) is 7. The summed E-state index contributed by atoms with van der Waals surface area (Å²) >= 11 is 0.494. The summed E-state index contributed by atoms with van der Waals surface area (Å²) in [6.45, 7) is 0. The zero-order chi connectivity index (χ0) is 21.7. The third kappa shape index (κ3) is 4.87. The average molecular weight is 423 g/mol. The Bertz CT molecular complexity index is 940. The van der Waals surface area contributed by atoms with Gasteiger partial charge in [-0.2, -0.15) is 0 Å². The number of hydrogen-bond donors (Lipinski definition) is 5. The fourth-order valence-electron chi connectivity index (χ4n) is 2.41. The number of ether oxygens (including phenoxy) is 1. The van der Waals surface area contributed by atoms with E-state index in [9.17, 15) is 44.4 Å². The third-order valence-corrected chi connectivity index (χ3v) is 4.65. The van der Waals surface area contributed by atoms with Crippen molar-refractivity contribution in [1.29, 1.82) is 0 Å². The summed E-state index contributed by atoms with van der Waals surface area (Å²) in [6, 6.07) is 7.71. The maximum atomic E-state index is 12.1. The first-order valence-corrected chi connectivity index (χ1v) is 8.57. The van der Waals surface area contributed by atoms with Gasteiger partial charge in [0.25, 0.3) is 0 Å². The standard InChI is InChI=1S/C17H13NO10S/c19-13(20)10(14(21)22)9-8(6-29-12(9)11(15(23)24)16(25)26)18-17(27)28-7-4-2-1-3-5-7/h1-6,10-11H,(H,18,27)(H,19,20)(H,21,22)(H,23,24)(H,25,26). The van der Waals surface area contributed by atoms with E-state index < -0.39 is 52.2 Å². The van der Waals surface area contributed by atoms with E-state index >= 15 is 0 Å². The van der Waals surface area contributed by atoms with Crippen molar-refractivity contribution in [3.63, 3.8) is 0 Å². The molecule has 0 bridgehead atoms. The van der Waals surface area contributed by atoms with Gasteiger partial charge in [0.05, 0.1) is 5.69 Å². The summed E-state index contributed by atoms with van der Waals surface area (Å²) in [5.74, 6) is -11.8. The van der Waals surface area contributed by atoms with Gasteiger partial charge in [-0.1, -0.05) is 18.2 Å². The van der Waals surface area contributed by atoms with Gasteiger partial charge in [-0.15, -0.1) is 11.3 Å². The second kappa shape index (κ2) is 8.84. The molecule has 0 unspecified atom stereocenters. The van der Waals surface area contributed by atoms with Gasteiger partial charge in [-0.05, 0) is 12.1 Å². The second-order valence-electron chi connectivity index (χ2n) is 5.47. The number of benzene rings is 1. The summed E-state index contributed by atoms with van der Waals surface area (Å²) in [7, 11) is 0. The van der Waals surface area contributed by atoms with Crippen LogP contribution in [-0.2, 0) is 19.2 Å². The SMILES string of the molecule is O=C(Nc1csc(C(C(=O)O)C(=O)O)c1C(C(=O)O)C(=O)O)Oc1ccccc1. The Morgan fingerprint density at radius 1 is 0.828 bits per heavy atom. The number of nitrogens with one attached hydrogen (secondary N) is 1. The maximum Gasteiger partial charge on any atom is 0.417 e. The number of anilines is 1. The molecule has 1 aromatic carbocycles. The largest absolute Gasteiger partial charge is 0.480 e. The van der Waals surface area contributed by atoms with Crippen LogP contribution in [0.4, 0.5) is 10.5 Å². The Kier molecular flexibility index (Phi) is 6.51. The minimum absolute atomic E-state index is 0.129. The van der Waals surface area contributed by atoms with E-state index in [1.807, 2.05) is 0 Å². The first-order valence-electron chi connectivity index (χ1n) is 7.69. The van der Waals surface area contributed by atoms with Crippen molar-refractivity contribution < 1.29 is 49.1 Å². The number of para-hydroxylation sites is 1. The van der Waals surface area contributed by atoms with E-state index in [2.05, 4.69) is 5.32 Å². The van der Waals surface area contributed by atoms with E-state index in [1.165, 1.54) is 12.1 Å². The number of carboxylic acid groups (broad SMARTS) is 4. The molecular formula is C17H13NO10S. The first kappa shape index (κ1) is 21.4. The molecule has 0 aliphatic rings. The quantitative estimate of drug-likeness (QED) is 0.392. The molecule has 2 aromatic rings. The maximum absolute atomic E-state index is 12.1. The molecule has 152 valence electrons. The van der Waals surface area contributed by atoms with Crippen molar-refractivity contribution >= 4 is 47.0 Å². The summed E-state index contributed by atoms with van der Waals surface area (Å²) in [5.41, 5.74) is -1.04. The van der Waals surface area contributed by atoms with Crippen LogP contribution in [0.25, 0.3) is 0 Å². The molecule has 0 aliphatic carbocycles. The number of carboxylic acids is 4. The fraction of sp³-hybridized carbons (Fsp3) is 0.118. The van der Waals surface area contributed by atoms with Crippen LogP contribution in [0.15, 0.2) is 35.7 Å². The van der Waals surface area contributed by atoms with E-state index in [0.717, 1.165) is 5.38 Å². The van der Waals surface area contributed by atoms with Gasteiger partial charge in [0, 0.05) is 15.8 Å². The molecule has 1 amide bonds. The molecule has 0 aliphatic heterocycles. The lowest BCUT2D eigenvalue weighted by Crippen LogP contribution is -2.27. The molecule has 12 heteroatoms. The molecule has 0 radical (unpaired) electrons.